The zero-order valence-corrected chi connectivity index (χ0v) is 11.3. The first-order chi connectivity index (χ1) is 6.81. The molecule has 0 bridgehead atoms. The molecular weight excluding hydrogens is 262 g/mol. The second-order valence-electron chi connectivity index (χ2n) is 3.20. The molecule has 0 heterocycles. The predicted molar refractivity (Wildman–Crippen MR) is 68.3 cm³/mol. The Kier molecular flexibility index (Phi) is 11.6. The van der Waals surface area contributed by atoms with Crippen molar-refractivity contribution in [1.29, 1.82) is 0 Å². The lowest BCUT2D eigenvalue weighted by atomic mass is 10.2. The van der Waals surface area contributed by atoms with Crippen molar-refractivity contribution in [2.24, 2.45) is 0 Å². The molecule has 0 saturated carbocycles. The quantitative estimate of drug-likeness (QED) is 0.520. The first-order valence-corrected chi connectivity index (χ1v) is 7.64. The van der Waals surface area contributed by atoms with Gasteiger partial charge in [-0.3, -0.25) is 4.79 Å². The van der Waals surface area contributed by atoms with Gasteiger partial charge in [-0.25, -0.2) is 0 Å². The molecule has 4 heteroatoms. The predicted octanol–water partition coefficient (Wildman–Crippen LogP) is 2.81. The molecule has 2 nitrogen and oxygen atoms in total. The fourth-order valence-corrected chi connectivity index (χ4v) is 1.98. The van der Waals surface area contributed by atoms with Crippen LogP contribution in [-0.2, 0) is 4.79 Å². The van der Waals surface area contributed by atoms with Crippen LogP contribution in [0.4, 0.5) is 0 Å². The summed E-state index contributed by atoms with van der Waals surface area (Å²) in [5, 5.41) is 3.66. The zero-order valence-electron chi connectivity index (χ0n) is 8.85. The summed E-state index contributed by atoms with van der Waals surface area (Å²) >= 11 is 5.14. The Bertz CT molecular complexity index is 144. The van der Waals surface area contributed by atoms with Gasteiger partial charge in [-0.1, -0.05) is 28.8 Å². The molecule has 0 rings (SSSR count). The minimum absolute atomic E-state index is 0.158. The van der Waals surface area contributed by atoms with Crippen molar-refractivity contribution < 1.29 is 4.79 Å². The second-order valence-corrected chi connectivity index (χ2v) is 4.97. The Morgan fingerprint density at radius 2 is 2.00 bits per heavy atom. The van der Waals surface area contributed by atoms with E-state index in [2.05, 4.69) is 27.5 Å². The molecule has 0 unspecified atom stereocenters. The van der Waals surface area contributed by atoms with E-state index in [1.54, 1.807) is 0 Å². The third-order valence-electron chi connectivity index (χ3n) is 1.92. The number of hydrogen-bond acceptors (Lipinski definition) is 2. The molecule has 0 aromatic heterocycles. The molecule has 0 aliphatic carbocycles. The SMILES string of the molecule is CSCCCCCCNC(=O)CCBr. The Labute approximate surface area is 99.7 Å². The lowest BCUT2D eigenvalue weighted by Crippen LogP contribution is -2.24. The Hall–Kier alpha value is 0.300. The summed E-state index contributed by atoms with van der Waals surface area (Å²) in [5.74, 6) is 1.42. The summed E-state index contributed by atoms with van der Waals surface area (Å²) in [4.78, 5) is 11.0. The Morgan fingerprint density at radius 1 is 1.29 bits per heavy atom. The fourth-order valence-electron chi connectivity index (χ4n) is 1.13. The highest BCUT2D eigenvalue weighted by Gasteiger charge is 1.97. The van der Waals surface area contributed by atoms with Gasteiger partial charge in [-0.2, -0.15) is 11.8 Å². The minimum Gasteiger partial charge on any atom is -0.356 e. The maximum absolute atomic E-state index is 11.0. The van der Waals surface area contributed by atoms with Gasteiger partial charge in [0.05, 0.1) is 0 Å². The minimum atomic E-state index is 0.158. The van der Waals surface area contributed by atoms with E-state index in [1.165, 1.54) is 25.0 Å². The first kappa shape index (κ1) is 14.3. The molecule has 0 aromatic carbocycles. The van der Waals surface area contributed by atoms with E-state index in [1.807, 2.05) is 11.8 Å². The smallest absolute Gasteiger partial charge is 0.220 e. The van der Waals surface area contributed by atoms with Crippen LogP contribution in [0.15, 0.2) is 0 Å². The van der Waals surface area contributed by atoms with Crippen molar-refractivity contribution in [2.45, 2.75) is 32.1 Å². The number of halogens is 1. The lowest BCUT2D eigenvalue weighted by Gasteiger charge is -2.03. The largest absolute Gasteiger partial charge is 0.356 e. The van der Waals surface area contributed by atoms with Gasteiger partial charge in [0.2, 0.25) is 5.91 Å². The van der Waals surface area contributed by atoms with Gasteiger partial charge < -0.3 is 5.32 Å². The van der Waals surface area contributed by atoms with Crippen LogP contribution in [0.5, 0.6) is 0 Å². The molecular formula is C10H20BrNOS. The summed E-state index contributed by atoms with van der Waals surface area (Å²) in [6, 6.07) is 0. The number of thioether (sulfide) groups is 1. The van der Waals surface area contributed by atoms with E-state index >= 15 is 0 Å². The van der Waals surface area contributed by atoms with E-state index < -0.39 is 0 Å². The zero-order chi connectivity index (χ0) is 10.6. The number of nitrogens with one attached hydrogen (secondary N) is 1. The van der Waals surface area contributed by atoms with Gasteiger partial charge in [0, 0.05) is 18.3 Å². The normalized spacial score (nSPS) is 10.1. The van der Waals surface area contributed by atoms with Crippen LogP contribution in [0.3, 0.4) is 0 Å². The summed E-state index contributed by atoms with van der Waals surface area (Å²) in [6.07, 6.45) is 7.66. The number of rotatable bonds is 9. The van der Waals surface area contributed by atoms with Gasteiger partial charge in [-0.05, 0) is 24.9 Å². The third kappa shape index (κ3) is 10.4. The van der Waals surface area contributed by atoms with Crippen molar-refractivity contribution >= 4 is 33.6 Å². The first-order valence-electron chi connectivity index (χ1n) is 5.13. The highest BCUT2D eigenvalue weighted by atomic mass is 79.9. The monoisotopic (exact) mass is 281 g/mol. The number of alkyl halides is 1. The van der Waals surface area contributed by atoms with Crippen molar-refractivity contribution in [1.82, 2.24) is 5.32 Å². The number of amides is 1. The van der Waals surface area contributed by atoms with Gasteiger partial charge in [0.1, 0.15) is 0 Å². The van der Waals surface area contributed by atoms with Crippen molar-refractivity contribution in [2.75, 3.05) is 23.9 Å². The van der Waals surface area contributed by atoms with Crippen molar-refractivity contribution in [3.8, 4) is 0 Å². The van der Waals surface area contributed by atoms with E-state index in [-0.39, 0.29) is 5.91 Å². The summed E-state index contributed by atoms with van der Waals surface area (Å²) in [6.45, 7) is 0.838. The average molecular weight is 282 g/mol. The maximum atomic E-state index is 11.0. The topological polar surface area (TPSA) is 29.1 Å². The van der Waals surface area contributed by atoms with Crippen molar-refractivity contribution in [3.63, 3.8) is 0 Å². The highest BCUT2D eigenvalue weighted by molar-refractivity contribution is 9.09. The van der Waals surface area contributed by atoms with Crippen molar-refractivity contribution in [3.05, 3.63) is 0 Å². The third-order valence-corrected chi connectivity index (χ3v) is 3.01. The molecule has 1 N–H and O–H groups in total. The van der Waals surface area contributed by atoms with E-state index in [0.29, 0.717) is 6.42 Å². The van der Waals surface area contributed by atoms with Crippen LogP contribution in [0.1, 0.15) is 32.1 Å². The number of unbranched alkanes of at least 4 members (excludes halogenated alkanes) is 3. The van der Waals surface area contributed by atoms with Crippen LogP contribution in [0.2, 0.25) is 0 Å². The van der Waals surface area contributed by atoms with E-state index in [4.69, 9.17) is 0 Å². The summed E-state index contributed by atoms with van der Waals surface area (Å²) < 4.78 is 0. The Morgan fingerprint density at radius 3 is 2.64 bits per heavy atom. The van der Waals surface area contributed by atoms with Crippen LogP contribution >= 0.6 is 27.7 Å². The molecule has 0 aliphatic rings. The van der Waals surface area contributed by atoms with Gasteiger partial charge in [-0.15, -0.1) is 0 Å². The van der Waals surface area contributed by atoms with Crippen LogP contribution in [0.25, 0.3) is 0 Å². The maximum Gasteiger partial charge on any atom is 0.220 e. The molecule has 0 fully saturated rings. The lowest BCUT2D eigenvalue weighted by molar-refractivity contribution is -0.120. The molecule has 0 aliphatic heterocycles. The average Bonchev–Trinajstić information content (AvgIpc) is 2.17. The molecule has 14 heavy (non-hydrogen) atoms. The molecule has 0 atom stereocenters. The fraction of sp³-hybridized carbons (Fsp3) is 0.900. The molecule has 0 saturated heterocycles. The molecule has 84 valence electrons. The van der Waals surface area contributed by atoms with Crippen LogP contribution < -0.4 is 5.32 Å². The van der Waals surface area contributed by atoms with Gasteiger partial charge in [0.25, 0.3) is 0 Å². The highest BCUT2D eigenvalue weighted by Crippen LogP contribution is 2.03. The molecule has 0 radical (unpaired) electrons. The molecule has 0 aromatic rings. The van der Waals surface area contributed by atoms with Gasteiger partial charge in [0.15, 0.2) is 0 Å². The van der Waals surface area contributed by atoms with Gasteiger partial charge >= 0.3 is 0 Å². The summed E-state index contributed by atoms with van der Waals surface area (Å²) in [5.41, 5.74) is 0. The van der Waals surface area contributed by atoms with Crippen LogP contribution in [0, 0.1) is 0 Å². The number of hydrogen-bond donors (Lipinski definition) is 1. The van der Waals surface area contributed by atoms with E-state index in [9.17, 15) is 4.79 Å². The second kappa shape index (κ2) is 11.4. The molecule has 1 amide bonds. The van der Waals surface area contributed by atoms with Crippen LogP contribution in [-0.4, -0.2) is 29.8 Å². The van der Waals surface area contributed by atoms with E-state index in [0.717, 1.165) is 18.3 Å². The standard InChI is InChI=1S/C10H20BrNOS/c1-14-9-5-3-2-4-8-12-10(13)6-7-11/h2-9H2,1H3,(H,12,13). The number of carbonyl (C=O) groups excluding carboxylic acids is 1. The summed E-state index contributed by atoms with van der Waals surface area (Å²) in [7, 11) is 0. The molecule has 0 spiro atoms. The number of carbonyl (C=O) groups is 1. The Balaban J connectivity index is 3.01.